The summed E-state index contributed by atoms with van der Waals surface area (Å²) in [5, 5.41) is 3.54. The van der Waals surface area contributed by atoms with Gasteiger partial charge in [0.2, 0.25) is 0 Å². The molecule has 3 nitrogen and oxygen atoms in total. The van der Waals surface area contributed by atoms with Crippen molar-refractivity contribution in [2.24, 2.45) is 0 Å². The van der Waals surface area contributed by atoms with E-state index in [-0.39, 0.29) is 18.8 Å². The first-order chi connectivity index (χ1) is 14.3. The molecule has 160 valence electrons. The van der Waals surface area contributed by atoms with Crippen LogP contribution in [0.5, 0.6) is 5.75 Å². The maximum Gasteiger partial charge on any atom is 0.416 e. The van der Waals surface area contributed by atoms with Gasteiger partial charge in [-0.05, 0) is 68.6 Å². The lowest BCUT2D eigenvalue weighted by Crippen LogP contribution is -2.47. The van der Waals surface area contributed by atoms with Gasteiger partial charge in [-0.15, -0.1) is 0 Å². The highest BCUT2D eigenvalue weighted by Crippen LogP contribution is 2.46. The Kier molecular flexibility index (Phi) is 5.64. The monoisotopic (exact) mass is 417 g/mol. The van der Waals surface area contributed by atoms with Crippen LogP contribution in [0.25, 0.3) is 5.57 Å². The molecule has 0 aliphatic carbocycles. The highest BCUT2D eigenvalue weighted by atomic mass is 19.4. The van der Waals surface area contributed by atoms with Gasteiger partial charge in [0.15, 0.2) is 0 Å². The van der Waals surface area contributed by atoms with Gasteiger partial charge < -0.3 is 14.8 Å². The molecule has 2 atom stereocenters. The van der Waals surface area contributed by atoms with Gasteiger partial charge in [-0.25, -0.2) is 0 Å². The molecule has 2 aromatic rings. The molecule has 2 aliphatic rings. The molecule has 4 rings (SSSR count). The summed E-state index contributed by atoms with van der Waals surface area (Å²) >= 11 is 0. The number of ether oxygens (including phenoxy) is 2. The van der Waals surface area contributed by atoms with E-state index in [1.165, 1.54) is 12.1 Å². The molecule has 2 heterocycles. The van der Waals surface area contributed by atoms with Crippen molar-refractivity contribution >= 4 is 5.57 Å². The zero-order valence-corrected chi connectivity index (χ0v) is 17.1. The standard InChI is InChI=1S/C24H26F3NO2/c1-16(2)30-21-10-9-19(24(25,26)27)13-20(21)18-14-23(29-15-18)11-6-12-28-22(23)17-7-4-3-5-8-17/h3-5,7-10,13-14,16,22,28H,6,11-12,15H2,1-2H3/t22-,23+/m0/s1. The van der Waals surface area contributed by atoms with Crippen molar-refractivity contribution < 1.29 is 22.6 Å². The molecule has 0 radical (unpaired) electrons. The topological polar surface area (TPSA) is 30.5 Å². The third kappa shape index (κ3) is 4.12. The normalized spacial score (nSPS) is 24.3. The van der Waals surface area contributed by atoms with Crippen LogP contribution in [0.4, 0.5) is 13.2 Å². The average molecular weight is 417 g/mol. The predicted octanol–water partition coefficient (Wildman–Crippen LogP) is 5.77. The van der Waals surface area contributed by atoms with E-state index in [0.717, 1.165) is 36.6 Å². The van der Waals surface area contributed by atoms with Gasteiger partial charge in [-0.1, -0.05) is 30.3 Å². The molecule has 30 heavy (non-hydrogen) atoms. The van der Waals surface area contributed by atoms with Crippen molar-refractivity contribution in [3.63, 3.8) is 0 Å². The molecule has 2 aliphatic heterocycles. The number of rotatable bonds is 4. The van der Waals surface area contributed by atoms with E-state index in [9.17, 15) is 13.2 Å². The molecular formula is C24H26F3NO2. The van der Waals surface area contributed by atoms with Crippen LogP contribution >= 0.6 is 0 Å². The van der Waals surface area contributed by atoms with Crippen molar-refractivity contribution in [2.45, 2.75) is 50.6 Å². The summed E-state index contributed by atoms with van der Waals surface area (Å²) in [5.41, 5.74) is 1.03. The molecule has 2 aromatic carbocycles. The molecule has 0 bridgehead atoms. The summed E-state index contributed by atoms with van der Waals surface area (Å²) in [5.74, 6) is 0.449. The summed E-state index contributed by atoms with van der Waals surface area (Å²) in [6, 6.07) is 13.7. The fraction of sp³-hybridized carbons (Fsp3) is 0.417. The fourth-order valence-corrected chi connectivity index (χ4v) is 4.34. The summed E-state index contributed by atoms with van der Waals surface area (Å²) in [4.78, 5) is 0. The molecule has 0 aromatic heterocycles. The Morgan fingerprint density at radius 2 is 1.90 bits per heavy atom. The second-order valence-corrected chi connectivity index (χ2v) is 8.19. The fourth-order valence-electron chi connectivity index (χ4n) is 4.34. The Morgan fingerprint density at radius 3 is 2.60 bits per heavy atom. The number of hydrogen-bond donors (Lipinski definition) is 1. The van der Waals surface area contributed by atoms with Crippen LogP contribution in [0.3, 0.4) is 0 Å². The van der Waals surface area contributed by atoms with E-state index < -0.39 is 17.3 Å². The SMILES string of the molecule is CC(C)Oc1ccc(C(F)(F)F)cc1C1=C[C@@]2(CCCN[C@H]2c2ccccc2)OC1. The first-order valence-electron chi connectivity index (χ1n) is 10.3. The third-order valence-electron chi connectivity index (χ3n) is 5.64. The number of alkyl halides is 3. The largest absolute Gasteiger partial charge is 0.490 e. The Bertz CT molecular complexity index is 924. The lowest BCUT2D eigenvalue weighted by molar-refractivity contribution is -0.137. The van der Waals surface area contributed by atoms with Gasteiger partial charge in [0.25, 0.3) is 0 Å². The van der Waals surface area contributed by atoms with Crippen molar-refractivity contribution in [3.8, 4) is 5.75 Å². The summed E-state index contributed by atoms with van der Waals surface area (Å²) in [6.07, 6.45) is -0.805. The molecule has 6 heteroatoms. The first-order valence-corrected chi connectivity index (χ1v) is 10.3. The quantitative estimate of drug-likeness (QED) is 0.685. The summed E-state index contributed by atoms with van der Waals surface area (Å²) < 4.78 is 52.3. The molecular weight excluding hydrogens is 391 g/mol. The molecule has 0 saturated carbocycles. The maximum atomic E-state index is 13.4. The van der Waals surface area contributed by atoms with Gasteiger partial charge in [0.1, 0.15) is 11.4 Å². The van der Waals surface area contributed by atoms with Crippen LogP contribution in [0.15, 0.2) is 54.6 Å². The van der Waals surface area contributed by atoms with E-state index in [1.807, 2.05) is 38.1 Å². The zero-order valence-electron chi connectivity index (χ0n) is 17.1. The smallest absolute Gasteiger partial charge is 0.416 e. The van der Waals surface area contributed by atoms with E-state index in [2.05, 4.69) is 17.4 Å². The predicted molar refractivity (Wildman–Crippen MR) is 110 cm³/mol. The Morgan fingerprint density at radius 1 is 1.13 bits per heavy atom. The van der Waals surface area contributed by atoms with E-state index >= 15 is 0 Å². The number of halogens is 3. The lowest BCUT2D eigenvalue weighted by atomic mass is 9.81. The first kappa shape index (κ1) is 20.9. The lowest BCUT2D eigenvalue weighted by Gasteiger charge is -2.40. The zero-order chi connectivity index (χ0) is 21.4. The summed E-state index contributed by atoms with van der Waals surface area (Å²) in [7, 11) is 0. The highest BCUT2D eigenvalue weighted by Gasteiger charge is 2.45. The highest BCUT2D eigenvalue weighted by molar-refractivity contribution is 5.74. The number of piperidine rings is 1. The van der Waals surface area contributed by atoms with Gasteiger partial charge in [-0.3, -0.25) is 0 Å². The van der Waals surface area contributed by atoms with Crippen LogP contribution in [-0.2, 0) is 10.9 Å². The number of nitrogens with one attached hydrogen (secondary N) is 1. The Hall–Kier alpha value is -2.31. The maximum absolute atomic E-state index is 13.4. The summed E-state index contributed by atoms with van der Waals surface area (Å²) in [6.45, 7) is 4.85. The van der Waals surface area contributed by atoms with Gasteiger partial charge >= 0.3 is 6.18 Å². The molecule has 1 N–H and O–H groups in total. The Labute approximate surface area is 174 Å². The number of hydrogen-bond acceptors (Lipinski definition) is 3. The molecule has 1 spiro atoms. The number of benzene rings is 2. The minimum absolute atomic E-state index is 0.0507. The van der Waals surface area contributed by atoms with Crippen molar-refractivity contribution in [1.29, 1.82) is 0 Å². The minimum atomic E-state index is -4.41. The second kappa shape index (κ2) is 8.08. The van der Waals surface area contributed by atoms with Crippen LogP contribution < -0.4 is 10.1 Å². The van der Waals surface area contributed by atoms with E-state index in [1.54, 1.807) is 0 Å². The van der Waals surface area contributed by atoms with Crippen LogP contribution in [0.2, 0.25) is 0 Å². The molecule has 1 saturated heterocycles. The molecule has 0 amide bonds. The van der Waals surface area contributed by atoms with Crippen LogP contribution in [0.1, 0.15) is 49.4 Å². The average Bonchev–Trinajstić information content (AvgIpc) is 3.12. The van der Waals surface area contributed by atoms with Gasteiger partial charge in [0, 0.05) is 5.56 Å². The van der Waals surface area contributed by atoms with E-state index in [4.69, 9.17) is 9.47 Å². The van der Waals surface area contributed by atoms with Gasteiger partial charge in [0.05, 0.1) is 24.3 Å². The minimum Gasteiger partial charge on any atom is -0.490 e. The second-order valence-electron chi connectivity index (χ2n) is 8.19. The van der Waals surface area contributed by atoms with Crippen molar-refractivity contribution in [2.75, 3.05) is 13.2 Å². The van der Waals surface area contributed by atoms with Crippen molar-refractivity contribution in [1.82, 2.24) is 5.32 Å². The van der Waals surface area contributed by atoms with Gasteiger partial charge in [-0.2, -0.15) is 13.2 Å². The van der Waals surface area contributed by atoms with E-state index in [0.29, 0.717) is 11.3 Å². The van der Waals surface area contributed by atoms with Crippen LogP contribution in [-0.4, -0.2) is 24.9 Å². The molecule has 0 unspecified atom stereocenters. The van der Waals surface area contributed by atoms with Crippen molar-refractivity contribution in [3.05, 3.63) is 71.3 Å². The Balaban J connectivity index is 1.76. The van der Waals surface area contributed by atoms with Crippen LogP contribution in [0, 0.1) is 0 Å². The molecule has 1 fully saturated rings. The third-order valence-corrected chi connectivity index (χ3v) is 5.64.